The average Bonchev–Trinajstić information content (AvgIpc) is 3.33. The van der Waals surface area contributed by atoms with Gasteiger partial charge < -0.3 is 11.1 Å². The number of aryl methyl sites for hydroxylation is 1. The summed E-state index contributed by atoms with van der Waals surface area (Å²) in [7, 11) is 1.88. The van der Waals surface area contributed by atoms with E-state index in [9.17, 15) is 0 Å². The summed E-state index contributed by atoms with van der Waals surface area (Å²) < 4.78 is 8.15. The lowest BCUT2D eigenvalue weighted by atomic mass is 10.2. The Morgan fingerprint density at radius 3 is 3.08 bits per heavy atom. The fourth-order valence-corrected chi connectivity index (χ4v) is 4.78. The molecule has 0 radical (unpaired) electrons. The maximum Gasteiger partial charge on any atom is 0.160 e. The third-order valence-corrected chi connectivity index (χ3v) is 5.85. The quantitative estimate of drug-likeness (QED) is 0.717. The SMILES string of the molecule is C=C(Nc1snc2c1CCS2)c1ncc(-c2cnn(C)c2)n1/C=C\N. The number of aromatic nitrogens is 5. The molecule has 0 saturated carbocycles. The zero-order chi connectivity index (χ0) is 17.4. The first-order chi connectivity index (χ1) is 12.2. The molecule has 4 heterocycles. The van der Waals surface area contributed by atoms with E-state index >= 15 is 0 Å². The Bertz CT molecular complexity index is 963. The van der Waals surface area contributed by atoms with Crippen LogP contribution in [0.25, 0.3) is 23.2 Å². The number of nitrogens with zero attached hydrogens (tertiary/aromatic N) is 5. The molecule has 0 atom stereocenters. The molecule has 25 heavy (non-hydrogen) atoms. The van der Waals surface area contributed by atoms with Crippen LogP contribution in [0.1, 0.15) is 11.4 Å². The Labute approximate surface area is 153 Å². The van der Waals surface area contributed by atoms with Gasteiger partial charge in [0.25, 0.3) is 0 Å². The molecule has 0 bridgehead atoms. The van der Waals surface area contributed by atoms with Crippen LogP contribution in [-0.2, 0) is 13.5 Å². The Morgan fingerprint density at radius 1 is 1.44 bits per heavy atom. The highest BCUT2D eigenvalue weighted by Gasteiger charge is 2.21. The van der Waals surface area contributed by atoms with Crippen molar-refractivity contribution >= 4 is 40.2 Å². The summed E-state index contributed by atoms with van der Waals surface area (Å²) in [6.07, 6.45) is 9.82. The summed E-state index contributed by atoms with van der Waals surface area (Å²) in [5, 5.41) is 9.77. The van der Waals surface area contributed by atoms with Crippen LogP contribution in [0, 0.1) is 0 Å². The summed E-state index contributed by atoms with van der Waals surface area (Å²) in [5.74, 6) is 1.79. The molecule has 7 nitrogen and oxygen atoms in total. The minimum absolute atomic E-state index is 0.702. The molecular formula is C16H17N7S2. The lowest BCUT2D eigenvalue weighted by Gasteiger charge is -2.10. The minimum Gasteiger partial charge on any atom is -0.403 e. The summed E-state index contributed by atoms with van der Waals surface area (Å²) in [4.78, 5) is 4.53. The van der Waals surface area contributed by atoms with Gasteiger partial charge in [-0.05, 0) is 18.0 Å². The number of anilines is 1. The van der Waals surface area contributed by atoms with Gasteiger partial charge in [0.2, 0.25) is 0 Å². The van der Waals surface area contributed by atoms with Gasteiger partial charge in [0, 0.05) is 42.5 Å². The lowest BCUT2D eigenvalue weighted by molar-refractivity contribution is 0.768. The van der Waals surface area contributed by atoms with Crippen molar-refractivity contribution < 1.29 is 0 Å². The molecule has 3 aromatic rings. The van der Waals surface area contributed by atoms with Crippen LogP contribution in [0.15, 0.2) is 36.4 Å². The Morgan fingerprint density at radius 2 is 2.32 bits per heavy atom. The maximum atomic E-state index is 5.64. The first-order valence-corrected chi connectivity index (χ1v) is 9.45. The van der Waals surface area contributed by atoms with Gasteiger partial charge in [-0.25, -0.2) is 4.98 Å². The molecule has 0 aliphatic carbocycles. The van der Waals surface area contributed by atoms with Crippen molar-refractivity contribution in [1.29, 1.82) is 0 Å². The predicted octanol–water partition coefficient (Wildman–Crippen LogP) is 2.86. The lowest BCUT2D eigenvalue weighted by Crippen LogP contribution is -2.05. The fraction of sp³-hybridized carbons (Fsp3) is 0.188. The number of nitrogens with one attached hydrogen (secondary N) is 1. The summed E-state index contributed by atoms with van der Waals surface area (Å²) in [5.41, 5.74) is 9.48. The number of nitrogens with two attached hydrogens (primary N) is 1. The number of hydrogen-bond donors (Lipinski definition) is 2. The molecule has 3 aromatic heterocycles. The van der Waals surface area contributed by atoms with Crippen LogP contribution < -0.4 is 11.1 Å². The summed E-state index contributed by atoms with van der Waals surface area (Å²) in [6, 6.07) is 0. The number of hydrogen-bond acceptors (Lipinski definition) is 7. The van der Waals surface area contributed by atoms with Crippen molar-refractivity contribution in [1.82, 2.24) is 23.7 Å². The van der Waals surface area contributed by atoms with E-state index < -0.39 is 0 Å². The van der Waals surface area contributed by atoms with Crippen molar-refractivity contribution in [2.24, 2.45) is 12.8 Å². The highest BCUT2D eigenvalue weighted by atomic mass is 32.2. The van der Waals surface area contributed by atoms with Gasteiger partial charge in [0.15, 0.2) is 5.82 Å². The van der Waals surface area contributed by atoms with Crippen molar-refractivity contribution in [3.8, 4) is 11.3 Å². The Kier molecular flexibility index (Phi) is 4.10. The Hall–Kier alpha value is -2.52. The molecule has 0 aromatic carbocycles. The number of thioether (sulfide) groups is 1. The largest absolute Gasteiger partial charge is 0.403 e. The zero-order valence-electron chi connectivity index (χ0n) is 13.6. The van der Waals surface area contributed by atoms with Crippen LogP contribution in [0.3, 0.4) is 0 Å². The fourth-order valence-electron chi connectivity index (χ4n) is 2.76. The molecule has 1 aliphatic heterocycles. The molecule has 0 unspecified atom stereocenters. The van der Waals surface area contributed by atoms with Crippen molar-refractivity contribution in [2.75, 3.05) is 11.1 Å². The number of imidazole rings is 1. The van der Waals surface area contributed by atoms with Gasteiger partial charge >= 0.3 is 0 Å². The molecule has 0 saturated heterocycles. The van der Waals surface area contributed by atoms with E-state index in [1.54, 1.807) is 35.0 Å². The van der Waals surface area contributed by atoms with E-state index in [4.69, 9.17) is 5.73 Å². The topological polar surface area (TPSA) is 86.6 Å². The molecule has 1 aliphatic rings. The van der Waals surface area contributed by atoms with E-state index in [-0.39, 0.29) is 0 Å². The van der Waals surface area contributed by atoms with Crippen LogP contribution in [0.4, 0.5) is 5.00 Å². The van der Waals surface area contributed by atoms with Gasteiger partial charge in [-0.2, -0.15) is 9.47 Å². The van der Waals surface area contributed by atoms with E-state index in [1.807, 2.05) is 17.8 Å². The molecule has 9 heteroatoms. The number of fused-ring (bicyclic) bond motifs is 1. The highest BCUT2D eigenvalue weighted by Crippen LogP contribution is 2.39. The highest BCUT2D eigenvalue weighted by molar-refractivity contribution is 7.99. The summed E-state index contributed by atoms with van der Waals surface area (Å²) in [6.45, 7) is 4.16. The molecule has 0 amide bonds. The van der Waals surface area contributed by atoms with Crippen LogP contribution in [0.2, 0.25) is 0 Å². The maximum absolute atomic E-state index is 5.64. The molecule has 128 valence electrons. The summed E-state index contributed by atoms with van der Waals surface area (Å²) >= 11 is 3.26. The first kappa shape index (κ1) is 16.0. The zero-order valence-corrected chi connectivity index (χ0v) is 15.3. The van der Waals surface area contributed by atoms with E-state index in [0.717, 1.165) is 33.5 Å². The third-order valence-electron chi connectivity index (χ3n) is 3.91. The van der Waals surface area contributed by atoms with Gasteiger partial charge in [-0.3, -0.25) is 9.25 Å². The van der Waals surface area contributed by atoms with Gasteiger partial charge in [-0.15, -0.1) is 11.8 Å². The second-order valence-electron chi connectivity index (χ2n) is 5.58. The van der Waals surface area contributed by atoms with E-state index in [1.165, 1.54) is 23.3 Å². The normalized spacial score (nSPS) is 13.5. The monoisotopic (exact) mass is 371 g/mol. The molecule has 0 fully saturated rings. The number of rotatable bonds is 5. The van der Waals surface area contributed by atoms with E-state index in [2.05, 4.69) is 26.4 Å². The predicted molar refractivity (Wildman–Crippen MR) is 103 cm³/mol. The molecular weight excluding hydrogens is 354 g/mol. The van der Waals surface area contributed by atoms with Crippen LogP contribution >= 0.6 is 23.3 Å². The first-order valence-electron chi connectivity index (χ1n) is 7.69. The minimum atomic E-state index is 0.702. The van der Waals surface area contributed by atoms with Gasteiger partial charge in [-0.1, -0.05) is 6.58 Å². The molecule has 0 spiro atoms. The van der Waals surface area contributed by atoms with Gasteiger partial charge in [0.1, 0.15) is 10.0 Å². The second kappa shape index (κ2) is 6.41. The third kappa shape index (κ3) is 2.85. The second-order valence-corrected chi connectivity index (χ2v) is 7.44. The Balaban J connectivity index is 1.67. The van der Waals surface area contributed by atoms with Crippen LogP contribution in [0.5, 0.6) is 0 Å². The standard InChI is InChI=1S/C16H17N7S2/c1-10(20-15-12-3-6-24-16(12)21-25-15)14-18-8-13(23(14)5-4-17)11-7-19-22(2)9-11/h4-5,7-9,20H,1,3,6,17H2,2H3/b5-4-. The van der Waals surface area contributed by atoms with Gasteiger partial charge in [0.05, 0.1) is 23.8 Å². The van der Waals surface area contributed by atoms with Crippen molar-refractivity contribution in [3.63, 3.8) is 0 Å². The van der Waals surface area contributed by atoms with Crippen molar-refractivity contribution in [2.45, 2.75) is 11.4 Å². The molecule has 4 rings (SSSR count). The molecule has 3 N–H and O–H groups in total. The smallest absolute Gasteiger partial charge is 0.160 e. The van der Waals surface area contributed by atoms with Crippen LogP contribution in [-0.4, -0.2) is 29.5 Å². The van der Waals surface area contributed by atoms with Crippen molar-refractivity contribution in [3.05, 3.63) is 42.8 Å². The average molecular weight is 371 g/mol. The van der Waals surface area contributed by atoms with E-state index in [0.29, 0.717) is 11.5 Å².